The zero-order valence-corrected chi connectivity index (χ0v) is 13.4. The molecule has 4 heteroatoms. The Morgan fingerprint density at radius 1 is 1.17 bits per heavy atom. The molecule has 18 heavy (non-hydrogen) atoms. The lowest BCUT2D eigenvalue weighted by Crippen LogP contribution is -2.31. The average molecular weight is 276 g/mol. The molecule has 108 valence electrons. The fraction of sp³-hybridized carbons (Fsp3) is 1.00. The van der Waals surface area contributed by atoms with Gasteiger partial charge in [-0.15, -0.1) is 0 Å². The van der Waals surface area contributed by atoms with E-state index in [1.165, 1.54) is 6.42 Å². The van der Waals surface area contributed by atoms with Crippen molar-refractivity contribution in [3.8, 4) is 0 Å². The maximum absolute atomic E-state index is 12.9. The predicted molar refractivity (Wildman–Crippen MR) is 76.0 cm³/mol. The molecule has 1 aliphatic carbocycles. The van der Waals surface area contributed by atoms with Crippen molar-refractivity contribution in [2.24, 2.45) is 17.8 Å². The Bertz CT molecular complexity index is 281. The van der Waals surface area contributed by atoms with Crippen LogP contribution in [0.2, 0.25) is 0 Å². The van der Waals surface area contributed by atoms with Crippen molar-refractivity contribution in [2.45, 2.75) is 59.5 Å². The normalized spacial score (nSPS) is 29.8. The van der Waals surface area contributed by atoms with Crippen LogP contribution in [0.5, 0.6) is 0 Å². The van der Waals surface area contributed by atoms with E-state index >= 15 is 0 Å². The Morgan fingerprint density at radius 3 is 2.17 bits per heavy atom. The Kier molecular flexibility index (Phi) is 6.37. The monoisotopic (exact) mass is 276 g/mol. The molecule has 0 aliphatic heterocycles. The first-order valence-corrected chi connectivity index (χ1v) is 8.94. The summed E-state index contributed by atoms with van der Waals surface area (Å²) in [6.07, 6.45) is 3.36. The van der Waals surface area contributed by atoms with Gasteiger partial charge in [-0.1, -0.05) is 20.8 Å². The molecular formula is C14H29O3P. The van der Waals surface area contributed by atoms with Crippen molar-refractivity contribution in [3.63, 3.8) is 0 Å². The third kappa shape index (κ3) is 3.82. The second kappa shape index (κ2) is 7.07. The Labute approximate surface area is 112 Å². The number of rotatable bonds is 6. The lowest BCUT2D eigenvalue weighted by Gasteiger charge is -2.39. The third-order valence-corrected chi connectivity index (χ3v) is 6.93. The zero-order valence-electron chi connectivity index (χ0n) is 12.5. The molecule has 0 unspecified atom stereocenters. The smallest absolute Gasteiger partial charge is 0.309 e. The fourth-order valence-electron chi connectivity index (χ4n) is 2.96. The topological polar surface area (TPSA) is 35.5 Å². The Hall–Kier alpha value is 0.150. The van der Waals surface area contributed by atoms with E-state index in [1.54, 1.807) is 0 Å². The van der Waals surface area contributed by atoms with Crippen LogP contribution in [0.1, 0.15) is 53.9 Å². The van der Waals surface area contributed by atoms with Gasteiger partial charge in [0.05, 0.1) is 18.9 Å². The van der Waals surface area contributed by atoms with Crippen LogP contribution >= 0.6 is 7.60 Å². The van der Waals surface area contributed by atoms with E-state index in [9.17, 15) is 4.57 Å². The third-order valence-electron chi connectivity index (χ3n) is 4.16. The Morgan fingerprint density at radius 2 is 1.72 bits per heavy atom. The highest BCUT2D eigenvalue weighted by Crippen LogP contribution is 2.60. The van der Waals surface area contributed by atoms with Crippen LogP contribution < -0.4 is 0 Å². The van der Waals surface area contributed by atoms with Crippen LogP contribution in [0.15, 0.2) is 0 Å². The minimum Gasteiger partial charge on any atom is -0.309 e. The maximum Gasteiger partial charge on any atom is 0.333 e. The summed E-state index contributed by atoms with van der Waals surface area (Å²) in [6.45, 7) is 11.4. The van der Waals surface area contributed by atoms with Crippen LogP contribution in [0.4, 0.5) is 0 Å². The molecule has 0 aromatic heterocycles. The molecule has 1 aliphatic rings. The van der Waals surface area contributed by atoms with Gasteiger partial charge in [-0.05, 0) is 50.9 Å². The summed E-state index contributed by atoms with van der Waals surface area (Å²) in [5.74, 6) is 1.74. The van der Waals surface area contributed by atoms with E-state index in [-0.39, 0.29) is 5.66 Å². The maximum atomic E-state index is 12.9. The van der Waals surface area contributed by atoms with Gasteiger partial charge in [-0.25, -0.2) is 0 Å². The molecule has 3 atom stereocenters. The van der Waals surface area contributed by atoms with Gasteiger partial charge in [0, 0.05) is 0 Å². The minimum absolute atomic E-state index is 0.0820. The average Bonchev–Trinajstić information content (AvgIpc) is 2.29. The summed E-state index contributed by atoms with van der Waals surface area (Å²) in [5, 5.41) is 0. The molecule has 0 heterocycles. The zero-order chi connectivity index (χ0) is 13.8. The van der Waals surface area contributed by atoms with Crippen LogP contribution in [-0.4, -0.2) is 18.9 Å². The van der Waals surface area contributed by atoms with Crippen molar-refractivity contribution in [1.82, 2.24) is 0 Å². The minimum atomic E-state index is -2.93. The summed E-state index contributed by atoms with van der Waals surface area (Å²) >= 11 is 0. The summed E-state index contributed by atoms with van der Waals surface area (Å²) < 4.78 is 24.0. The molecule has 0 aromatic carbocycles. The lowest BCUT2D eigenvalue weighted by atomic mass is 9.77. The molecule has 1 rings (SSSR count). The van der Waals surface area contributed by atoms with Crippen molar-refractivity contribution in [1.29, 1.82) is 0 Å². The van der Waals surface area contributed by atoms with Gasteiger partial charge in [0.1, 0.15) is 0 Å². The summed E-state index contributed by atoms with van der Waals surface area (Å²) in [6, 6.07) is 0. The number of hydrogen-bond acceptors (Lipinski definition) is 3. The highest BCUT2D eigenvalue weighted by atomic mass is 31.2. The molecule has 0 spiro atoms. The van der Waals surface area contributed by atoms with E-state index < -0.39 is 7.60 Å². The van der Waals surface area contributed by atoms with Crippen molar-refractivity contribution in [2.75, 3.05) is 13.2 Å². The molecular weight excluding hydrogens is 247 g/mol. The second-order valence-electron chi connectivity index (χ2n) is 5.74. The van der Waals surface area contributed by atoms with E-state index in [2.05, 4.69) is 20.8 Å². The van der Waals surface area contributed by atoms with Crippen LogP contribution in [0.3, 0.4) is 0 Å². The fourth-order valence-corrected chi connectivity index (χ4v) is 5.44. The summed E-state index contributed by atoms with van der Waals surface area (Å²) in [4.78, 5) is 0. The molecule has 3 nitrogen and oxygen atoms in total. The predicted octanol–water partition coefficient (Wildman–Crippen LogP) is 4.71. The molecule has 1 saturated carbocycles. The van der Waals surface area contributed by atoms with Gasteiger partial charge in [0.15, 0.2) is 0 Å². The molecule has 0 radical (unpaired) electrons. The van der Waals surface area contributed by atoms with Gasteiger partial charge in [-0.3, -0.25) is 4.57 Å². The molecule has 0 bridgehead atoms. The van der Waals surface area contributed by atoms with Crippen molar-refractivity contribution in [3.05, 3.63) is 0 Å². The van der Waals surface area contributed by atoms with E-state index in [0.29, 0.717) is 31.0 Å². The lowest BCUT2D eigenvalue weighted by molar-refractivity contribution is 0.170. The summed E-state index contributed by atoms with van der Waals surface area (Å²) in [7, 11) is -2.93. The highest BCUT2D eigenvalue weighted by molar-refractivity contribution is 7.54. The van der Waals surface area contributed by atoms with E-state index in [0.717, 1.165) is 12.8 Å². The molecule has 0 amide bonds. The quantitative estimate of drug-likeness (QED) is 0.659. The molecule has 0 N–H and O–H groups in total. The first kappa shape index (κ1) is 16.2. The van der Waals surface area contributed by atoms with Crippen LogP contribution in [0, 0.1) is 17.8 Å². The molecule has 0 aromatic rings. The summed E-state index contributed by atoms with van der Waals surface area (Å²) in [5.41, 5.74) is 0.0820. The molecule has 0 saturated heterocycles. The van der Waals surface area contributed by atoms with E-state index in [1.807, 2.05) is 13.8 Å². The van der Waals surface area contributed by atoms with Gasteiger partial charge < -0.3 is 9.05 Å². The van der Waals surface area contributed by atoms with Gasteiger partial charge in [-0.2, -0.15) is 0 Å². The van der Waals surface area contributed by atoms with Crippen molar-refractivity contribution >= 4 is 7.60 Å². The van der Waals surface area contributed by atoms with Gasteiger partial charge in [0.2, 0.25) is 0 Å². The largest absolute Gasteiger partial charge is 0.333 e. The number of hydrogen-bond donors (Lipinski definition) is 0. The van der Waals surface area contributed by atoms with Crippen molar-refractivity contribution < 1.29 is 13.6 Å². The highest BCUT2D eigenvalue weighted by Gasteiger charge is 2.43. The first-order valence-electron chi connectivity index (χ1n) is 7.33. The van der Waals surface area contributed by atoms with Crippen LogP contribution in [0.25, 0.3) is 0 Å². The van der Waals surface area contributed by atoms with Gasteiger partial charge >= 0.3 is 7.60 Å². The van der Waals surface area contributed by atoms with Crippen LogP contribution in [-0.2, 0) is 13.6 Å². The van der Waals surface area contributed by atoms with E-state index in [4.69, 9.17) is 9.05 Å². The SMILES string of the molecule is CCOP(=O)(OCC)[C@@H]1C[C@@H](C(C)C)CC[C@@H]1C. The molecule has 1 fully saturated rings. The Balaban J connectivity index is 2.83. The first-order chi connectivity index (χ1) is 8.44. The second-order valence-corrected chi connectivity index (χ2v) is 8.00. The standard InChI is InChI=1S/C14H29O3P/c1-6-16-18(15,17-7-2)14-10-13(11(3)4)9-8-12(14)5/h11-14H,6-10H2,1-5H3/t12-,13-,14+/m0/s1. The van der Waals surface area contributed by atoms with Gasteiger partial charge in [0.25, 0.3) is 0 Å².